The Hall–Kier alpha value is -0.870. The minimum atomic E-state index is -0.546. The molecule has 2 N–H and O–H groups in total. The van der Waals surface area contributed by atoms with Gasteiger partial charge in [-0.2, -0.15) is 0 Å². The van der Waals surface area contributed by atoms with Gasteiger partial charge in [-0.3, -0.25) is 0 Å². The maximum absolute atomic E-state index is 11.0. The molecule has 0 aliphatic heterocycles. The second-order valence-electron chi connectivity index (χ2n) is 4.57. The lowest BCUT2D eigenvalue weighted by molar-refractivity contribution is -0.137. The number of ether oxygens (including phenoxy) is 1. The van der Waals surface area contributed by atoms with Gasteiger partial charge in [0.25, 0.3) is 0 Å². The number of aliphatic hydroxyl groups is 1. The van der Waals surface area contributed by atoms with Crippen LogP contribution in [0.1, 0.15) is 39.0 Å². The fourth-order valence-electron chi connectivity index (χ4n) is 2.12. The number of carbonyl (C=O) groups is 1. The molecule has 0 heterocycles. The average molecular weight is 241 g/mol. The van der Waals surface area contributed by atoms with E-state index in [1.807, 2.05) is 0 Å². The van der Waals surface area contributed by atoms with Crippen molar-refractivity contribution < 1.29 is 14.6 Å². The van der Waals surface area contributed by atoms with Crippen LogP contribution in [0.2, 0.25) is 0 Å². The standard InChI is InChI=1S/C13H23NO3/c1-2-17-12(15)7-6-10-14-11-13(16)8-4-3-5-9-13/h6-7,14,16H,2-5,8-11H2,1H3/b7-6+. The van der Waals surface area contributed by atoms with E-state index in [1.165, 1.54) is 12.5 Å². The van der Waals surface area contributed by atoms with Gasteiger partial charge in [-0.15, -0.1) is 0 Å². The molecule has 0 aromatic carbocycles. The Labute approximate surface area is 103 Å². The summed E-state index contributed by atoms with van der Waals surface area (Å²) >= 11 is 0. The molecule has 0 spiro atoms. The van der Waals surface area contributed by atoms with Gasteiger partial charge < -0.3 is 15.2 Å². The molecule has 98 valence electrons. The number of esters is 1. The summed E-state index contributed by atoms with van der Waals surface area (Å²) in [6.07, 6.45) is 8.34. The Morgan fingerprint density at radius 2 is 2.12 bits per heavy atom. The summed E-state index contributed by atoms with van der Waals surface area (Å²) in [7, 11) is 0. The number of hydrogen-bond donors (Lipinski definition) is 2. The first-order chi connectivity index (χ1) is 8.16. The molecule has 0 unspecified atom stereocenters. The van der Waals surface area contributed by atoms with Gasteiger partial charge >= 0.3 is 5.97 Å². The largest absolute Gasteiger partial charge is 0.463 e. The van der Waals surface area contributed by atoms with Gasteiger partial charge in [-0.05, 0) is 19.8 Å². The van der Waals surface area contributed by atoms with Gasteiger partial charge in [0.1, 0.15) is 0 Å². The van der Waals surface area contributed by atoms with Crippen LogP contribution in [-0.4, -0.2) is 36.4 Å². The van der Waals surface area contributed by atoms with Gasteiger partial charge in [0.15, 0.2) is 0 Å². The predicted octanol–water partition coefficient (Wildman–Crippen LogP) is 1.39. The molecule has 0 amide bonds. The zero-order chi connectivity index (χ0) is 12.6. The van der Waals surface area contributed by atoms with Crippen LogP contribution in [-0.2, 0) is 9.53 Å². The zero-order valence-electron chi connectivity index (χ0n) is 10.6. The molecule has 1 saturated carbocycles. The first kappa shape index (κ1) is 14.2. The summed E-state index contributed by atoms with van der Waals surface area (Å²) < 4.78 is 4.76. The fraction of sp³-hybridized carbons (Fsp3) is 0.769. The molecule has 1 rings (SSSR count). The molecule has 0 aromatic heterocycles. The van der Waals surface area contributed by atoms with Gasteiger partial charge in [0, 0.05) is 19.2 Å². The van der Waals surface area contributed by atoms with E-state index in [0.717, 1.165) is 25.7 Å². The predicted molar refractivity (Wildman–Crippen MR) is 66.7 cm³/mol. The Balaban J connectivity index is 2.12. The van der Waals surface area contributed by atoms with Gasteiger partial charge in [0.05, 0.1) is 12.2 Å². The van der Waals surface area contributed by atoms with E-state index in [1.54, 1.807) is 13.0 Å². The topological polar surface area (TPSA) is 58.6 Å². The van der Waals surface area contributed by atoms with Crippen molar-refractivity contribution in [3.63, 3.8) is 0 Å². The van der Waals surface area contributed by atoms with E-state index < -0.39 is 5.60 Å². The minimum absolute atomic E-state index is 0.314. The Morgan fingerprint density at radius 1 is 1.41 bits per heavy atom. The Kier molecular flexibility index (Phi) is 6.22. The second kappa shape index (κ2) is 7.45. The van der Waals surface area contributed by atoms with Crippen LogP contribution in [0.4, 0.5) is 0 Å². The van der Waals surface area contributed by atoms with Crippen LogP contribution in [0.15, 0.2) is 12.2 Å². The lowest BCUT2D eigenvalue weighted by Crippen LogP contribution is -2.42. The Bertz CT molecular complexity index is 257. The zero-order valence-corrected chi connectivity index (χ0v) is 10.6. The van der Waals surface area contributed by atoms with Crippen LogP contribution < -0.4 is 5.32 Å². The summed E-state index contributed by atoms with van der Waals surface area (Å²) in [5, 5.41) is 13.3. The molecule has 0 bridgehead atoms. The van der Waals surface area contributed by atoms with Crippen LogP contribution in [0, 0.1) is 0 Å². The molecule has 0 saturated heterocycles. The number of carbonyl (C=O) groups excluding carboxylic acids is 1. The normalized spacial score (nSPS) is 19.4. The van der Waals surface area contributed by atoms with Crippen molar-refractivity contribution in [1.82, 2.24) is 5.32 Å². The SMILES string of the molecule is CCOC(=O)/C=C/CNCC1(O)CCCCC1. The van der Waals surface area contributed by atoms with Crippen molar-refractivity contribution in [1.29, 1.82) is 0 Å². The van der Waals surface area contributed by atoms with Gasteiger partial charge in [0.2, 0.25) is 0 Å². The quantitative estimate of drug-likeness (QED) is 0.419. The number of hydrogen-bond acceptors (Lipinski definition) is 4. The third-order valence-electron chi connectivity index (χ3n) is 3.04. The van der Waals surface area contributed by atoms with Crippen LogP contribution in [0.25, 0.3) is 0 Å². The fourth-order valence-corrected chi connectivity index (χ4v) is 2.12. The summed E-state index contributed by atoms with van der Waals surface area (Å²) in [6, 6.07) is 0. The maximum Gasteiger partial charge on any atom is 0.330 e. The highest BCUT2D eigenvalue weighted by Gasteiger charge is 2.28. The molecule has 4 nitrogen and oxygen atoms in total. The molecule has 4 heteroatoms. The Morgan fingerprint density at radius 3 is 2.76 bits per heavy atom. The molecule has 0 atom stereocenters. The van der Waals surface area contributed by atoms with Crippen molar-refractivity contribution in [2.24, 2.45) is 0 Å². The molecular formula is C13H23NO3. The van der Waals surface area contributed by atoms with Gasteiger partial charge in [-0.25, -0.2) is 4.79 Å². The molecular weight excluding hydrogens is 218 g/mol. The number of nitrogens with one attached hydrogen (secondary N) is 1. The van der Waals surface area contributed by atoms with Crippen molar-refractivity contribution in [3.8, 4) is 0 Å². The summed E-state index contributed by atoms with van der Waals surface area (Å²) in [6.45, 7) is 3.36. The second-order valence-corrected chi connectivity index (χ2v) is 4.57. The third kappa shape index (κ3) is 5.84. The summed E-state index contributed by atoms with van der Waals surface area (Å²) in [5.74, 6) is -0.314. The van der Waals surface area contributed by atoms with Crippen LogP contribution in [0.3, 0.4) is 0 Å². The van der Waals surface area contributed by atoms with E-state index in [2.05, 4.69) is 5.32 Å². The lowest BCUT2D eigenvalue weighted by Gasteiger charge is -2.32. The minimum Gasteiger partial charge on any atom is -0.463 e. The molecule has 1 aliphatic rings. The van der Waals surface area contributed by atoms with Gasteiger partial charge in [-0.1, -0.05) is 25.3 Å². The first-order valence-corrected chi connectivity index (χ1v) is 6.43. The number of rotatable bonds is 6. The van der Waals surface area contributed by atoms with E-state index in [0.29, 0.717) is 19.7 Å². The van der Waals surface area contributed by atoms with Crippen molar-refractivity contribution in [2.45, 2.75) is 44.6 Å². The highest BCUT2D eigenvalue weighted by molar-refractivity contribution is 5.81. The molecule has 1 fully saturated rings. The van der Waals surface area contributed by atoms with E-state index in [-0.39, 0.29) is 5.97 Å². The molecule has 17 heavy (non-hydrogen) atoms. The molecule has 0 aromatic rings. The van der Waals surface area contributed by atoms with Crippen molar-refractivity contribution in [3.05, 3.63) is 12.2 Å². The average Bonchev–Trinajstić information content (AvgIpc) is 2.30. The molecule has 1 aliphatic carbocycles. The summed E-state index contributed by atoms with van der Waals surface area (Å²) in [4.78, 5) is 11.0. The van der Waals surface area contributed by atoms with Crippen molar-refractivity contribution in [2.75, 3.05) is 19.7 Å². The third-order valence-corrected chi connectivity index (χ3v) is 3.04. The molecule has 0 radical (unpaired) electrons. The highest BCUT2D eigenvalue weighted by atomic mass is 16.5. The lowest BCUT2D eigenvalue weighted by atomic mass is 9.85. The van der Waals surface area contributed by atoms with Crippen LogP contribution in [0.5, 0.6) is 0 Å². The maximum atomic E-state index is 11.0. The van der Waals surface area contributed by atoms with E-state index >= 15 is 0 Å². The first-order valence-electron chi connectivity index (χ1n) is 6.43. The highest BCUT2D eigenvalue weighted by Crippen LogP contribution is 2.27. The van der Waals surface area contributed by atoms with E-state index in [4.69, 9.17) is 4.74 Å². The monoisotopic (exact) mass is 241 g/mol. The van der Waals surface area contributed by atoms with Crippen molar-refractivity contribution >= 4 is 5.97 Å². The van der Waals surface area contributed by atoms with E-state index in [9.17, 15) is 9.90 Å². The summed E-state index contributed by atoms with van der Waals surface area (Å²) in [5.41, 5.74) is -0.546. The van der Waals surface area contributed by atoms with Crippen LogP contribution >= 0.6 is 0 Å². The smallest absolute Gasteiger partial charge is 0.330 e.